The van der Waals surface area contributed by atoms with Crippen LogP contribution >= 0.6 is 0 Å². The van der Waals surface area contributed by atoms with Gasteiger partial charge in [0.2, 0.25) is 0 Å². The van der Waals surface area contributed by atoms with Gasteiger partial charge in [0.05, 0.1) is 25.2 Å². The van der Waals surface area contributed by atoms with Gasteiger partial charge in [0.1, 0.15) is 0 Å². The molecule has 1 aromatic carbocycles. The molecule has 1 aliphatic heterocycles. The minimum absolute atomic E-state index is 0.199. The van der Waals surface area contributed by atoms with Gasteiger partial charge in [-0.2, -0.15) is 5.26 Å². The van der Waals surface area contributed by atoms with Crippen LogP contribution < -0.4 is 9.47 Å². The number of fused-ring (bicyclic) bond motifs is 1. The highest BCUT2D eigenvalue weighted by atomic mass is 16.5. The maximum absolute atomic E-state index is 8.82. The summed E-state index contributed by atoms with van der Waals surface area (Å²) in [5.41, 5.74) is 1.20. The monoisotopic (exact) mass is 215 g/mol. The number of benzene rings is 1. The molecule has 3 nitrogen and oxygen atoms in total. The summed E-state index contributed by atoms with van der Waals surface area (Å²) in [7, 11) is 0. The van der Waals surface area contributed by atoms with Crippen molar-refractivity contribution < 1.29 is 9.47 Å². The maximum Gasteiger partial charge on any atom is 0.161 e. The molecule has 0 amide bonds. The summed E-state index contributed by atoms with van der Waals surface area (Å²) < 4.78 is 11.2. The van der Waals surface area contributed by atoms with Crippen LogP contribution in [-0.4, -0.2) is 13.2 Å². The Balaban J connectivity index is 1.87. The Bertz CT molecular complexity index is 450. The molecule has 1 aromatic rings. The molecule has 16 heavy (non-hydrogen) atoms. The van der Waals surface area contributed by atoms with E-state index in [4.69, 9.17) is 14.7 Å². The van der Waals surface area contributed by atoms with Crippen molar-refractivity contribution in [3.8, 4) is 17.6 Å². The maximum atomic E-state index is 8.82. The lowest BCUT2D eigenvalue weighted by molar-refractivity contribution is 0.297. The van der Waals surface area contributed by atoms with Crippen LogP contribution in [0.25, 0.3) is 0 Å². The van der Waals surface area contributed by atoms with Crippen molar-refractivity contribution in [3.63, 3.8) is 0 Å². The lowest BCUT2D eigenvalue weighted by atomic mass is 10.1. The van der Waals surface area contributed by atoms with E-state index in [2.05, 4.69) is 12.1 Å². The molecule has 2 unspecified atom stereocenters. The van der Waals surface area contributed by atoms with Crippen LogP contribution in [0.4, 0.5) is 0 Å². The topological polar surface area (TPSA) is 42.2 Å². The van der Waals surface area contributed by atoms with Crippen LogP contribution in [0.15, 0.2) is 18.2 Å². The fourth-order valence-electron chi connectivity index (χ4n) is 2.12. The predicted octanol–water partition coefficient (Wildman–Crippen LogP) is 2.47. The van der Waals surface area contributed by atoms with Crippen molar-refractivity contribution in [1.82, 2.24) is 0 Å². The third kappa shape index (κ3) is 1.61. The molecule has 2 aliphatic rings. The number of hydrogen-bond donors (Lipinski definition) is 0. The van der Waals surface area contributed by atoms with E-state index in [-0.39, 0.29) is 5.92 Å². The highest BCUT2D eigenvalue weighted by Gasteiger charge is 2.38. The first-order valence-corrected chi connectivity index (χ1v) is 5.67. The van der Waals surface area contributed by atoms with Gasteiger partial charge in [0.15, 0.2) is 11.5 Å². The standard InChI is InChI=1S/C13H13NO2/c14-8-10-6-11(10)9-2-3-12-13(7-9)16-5-1-4-15-12/h2-3,7,10-11H,1,4-6H2. The van der Waals surface area contributed by atoms with Gasteiger partial charge in [0.25, 0.3) is 0 Å². The third-order valence-electron chi connectivity index (χ3n) is 3.16. The first kappa shape index (κ1) is 9.53. The summed E-state index contributed by atoms with van der Waals surface area (Å²) in [4.78, 5) is 0. The van der Waals surface area contributed by atoms with E-state index in [1.54, 1.807) is 0 Å². The number of nitriles is 1. The van der Waals surface area contributed by atoms with Crippen LogP contribution in [0.3, 0.4) is 0 Å². The number of ether oxygens (including phenoxy) is 2. The molecule has 0 aromatic heterocycles. The molecule has 0 radical (unpaired) electrons. The van der Waals surface area contributed by atoms with Gasteiger partial charge in [-0.1, -0.05) is 6.07 Å². The lowest BCUT2D eigenvalue weighted by Crippen LogP contribution is -1.97. The second-order valence-electron chi connectivity index (χ2n) is 4.33. The van der Waals surface area contributed by atoms with Crippen LogP contribution in [-0.2, 0) is 0 Å². The van der Waals surface area contributed by atoms with Gasteiger partial charge in [0, 0.05) is 12.3 Å². The summed E-state index contributed by atoms with van der Waals surface area (Å²) in [5.74, 6) is 2.26. The van der Waals surface area contributed by atoms with Crippen molar-refractivity contribution in [2.75, 3.05) is 13.2 Å². The Kier molecular flexibility index (Phi) is 2.21. The molecular weight excluding hydrogens is 202 g/mol. The largest absolute Gasteiger partial charge is 0.490 e. The van der Waals surface area contributed by atoms with E-state index in [0.717, 1.165) is 30.9 Å². The van der Waals surface area contributed by atoms with Gasteiger partial charge in [-0.15, -0.1) is 0 Å². The Morgan fingerprint density at radius 3 is 2.75 bits per heavy atom. The molecular formula is C13H13NO2. The van der Waals surface area contributed by atoms with Crippen LogP contribution in [0.5, 0.6) is 11.5 Å². The average molecular weight is 215 g/mol. The molecule has 2 atom stereocenters. The van der Waals surface area contributed by atoms with Gasteiger partial charge < -0.3 is 9.47 Å². The van der Waals surface area contributed by atoms with Crippen molar-refractivity contribution in [2.24, 2.45) is 5.92 Å². The Hall–Kier alpha value is -1.69. The number of rotatable bonds is 1. The highest BCUT2D eigenvalue weighted by molar-refractivity contribution is 5.46. The fraction of sp³-hybridized carbons (Fsp3) is 0.462. The zero-order valence-corrected chi connectivity index (χ0v) is 8.98. The lowest BCUT2D eigenvalue weighted by Gasteiger charge is -2.08. The highest BCUT2D eigenvalue weighted by Crippen LogP contribution is 2.48. The van der Waals surface area contributed by atoms with E-state index < -0.39 is 0 Å². The molecule has 0 saturated heterocycles. The van der Waals surface area contributed by atoms with E-state index in [9.17, 15) is 0 Å². The second kappa shape index (κ2) is 3.71. The predicted molar refractivity (Wildman–Crippen MR) is 58.5 cm³/mol. The van der Waals surface area contributed by atoms with E-state index in [1.165, 1.54) is 5.56 Å². The molecule has 0 N–H and O–H groups in total. The quantitative estimate of drug-likeness (QED) is 0.722. The fourth-order valence-corrected chi connectivity index (χ4v) is 2.12. The SMILES string of the molecule is N#CC1CC1c1ccc2c(c1)OCCCO2. The van der Waals surface area contributed by atoms with Crippen LogP contribution in [0.2, 0.25) is 0 Å². The Morgan fingerprint density at radius 1 is 1.19 bits per heavy atom. The summed E-state index contributed by atoms with van der Waals surface area (Å²) >= 11 is 0. The van der Waals surface area contributed by atoms with Crippen molar-refractivity contribution in [1.29, 1.82) is 5.26 Å². The summed E-state index contributed by atoms with van der Waals surface area (Å²) in [5, 5.41) is 8.82. The van der Waals surface area contributed by atoms with Crippen molar-refractivity contribution in [2.45, 2.75) is 18.8 Å². The van der Waals surface area contributed by atoms with Crippen LogP contribution in [0, 0.1) is 17.2 Å². The van der Waals surface area contributed by atoms with Gasteiger partial charge in [-0.05, 0) is 24.1 Å². The molecule has 0 bridgehead atoms. The van der Waals surface area contributed by atoms with Gasteiger partial charge >= 0.3 is 0 Å². The van der Waals surface area contributed by atoms with Crippen molar-refractivity contribution >= 4 is 0 Å². The van der Waals surface area contributed by atoms with Crippen molar-refractivity contribution in [3.05, 3.63) is 23.8 Å². The number of nitrogens with zero attached hydrogens (tertiary/aromatic N) is 1. The Morgan fingerprint density at radius 2 is 2.00 bits per heavy atom. The number of hydrogen-bond acceptors (Lipinski definition) is 3. The average Bonchev–Trinajstić information content (AvgIpc) is 3.11. The second-order valence-corrected chi connectivity index (χ2v) is 4.33. The molecule has 3 heteroatoms. The molecule has 1 heterocycles. The Labute approximate surface area is 94.6 Å². The van der Waals surface area contributed by atoms with Crippen LogP contribution in [0.1, 0.15) is 24.3 Å². The minimum atomic E-state index is 0.199. The molecule has 0 spiro atoms. The first-order chi connectivity index (χ1) is 7.88. The molecule has 1 fully saturated rings. The van der Waals surface area contributed by atoms with Gasteiger partial charge in [-0.25, -0.2) is 0 Å². The minimum Gasteiger partial charge on any atom is -0.490 e. The molecule has 1 aliphatic carbocycles. The molecule has 3 rings (SSSR count). The van der Waals surface area contributed by atoms with E-state index >= 15 is 0 Å². The first-order valence-electron chi connectivity index (χ1n) is 5.67. The van der Waals surface area contributed by atoms with E-state index in [0.29, 0.717) is 12.5 Å². The zero-order valence-electron chi connectivity index (χ0n) is 8.98. The summed E-state index contributed by atoms with van der Waals surface area (Å²) in [6.07, 6.45) is 1.91. The van der Waals surface area contributed by atoms with E-state index in [1.807, 2.05) is 12.1 Å². The summed E-state index contributed by atoms with van der Waals surface area (Å²) in [6.45, 7) is 1.43. The summed E-state index contributed by atoms with van der Waals surface area (Å²) in [6, 6.07) is 8.35. The normalized spacial score (nSPS) is 26.7. The zero-order chi connectivity index (χ0) is 11.0. The van der Waals surface area contributed by atoms with Gasteiger partial charge in [-0.3, -0.25) is 0 Å². The molecule has 82 valence electrons. The third-order valence-corrected chi connectivity index (χ3v) is 3.16. The molecule has 1 saturated carbocycles. The smallest absolute Gasteiger partial charge is 0.161 e.